The maximum Gasteiger partial charge on any atom is 2.00 e. The van der Waals surface area contributed by atoms with Crippen LogP contribution in [-0.2, 0) is 21.7 Å². The summed E-state index contributed by atoms with van der Waals surface area (Å²) in [5.41, 5.74) is 5.10. The average molecular weight is 227 g/mol. The minimum Gasteiger partial charge on any atom is -0.397 e. The third-order valence-electron chi connectivity index (χ3n) is 0.454. The summed E-state index contributed by atoms with van der Waals surface area (Å²) in [5.74, 6) is 0. The Balaban J connectivity index is -0.0000000240. The molecule has 0 heterocycles. The van der Waals surface area contributed by atoms with Crippen molar-refractivity contribution in [2.75, 3.05) is 19.8 Å². The number of hydrogen-bond donors (Lipinski definition) is 3. The van der Waals surface area contributed by atoms with Crippen LogP contribution in [0.5, 0.6) is 0 Å². The molecule has 3 nitrogen and oxygen atoms in total. The van der Waals surface area contributed by atoms with E-state index < -0.39 is 0 Å². The molecule has 4 N–H and O–H groups in total. The summed E-state index contributed by atoms with van der Waals surface area (Å²) >= 11 is 0. The van der Waals surface area contributed by atoms with E-state index in [0.29, 0.717) is 0 Å². The fraction of sp³-hybridized carbons (Fsp3) is 0.778. The van der Waals surface area contributed by atoms with Crippen LogP contribution in [-0.4, -0.2) is 30.0 Å². The average Bonchev–Trinajstić information content (AvgIpc) is 1.92. The van der Waals surface area contributed by atoms with Crippen molar-refractivity contribution in [3.8, 4) is 0 Å². The summed E-state index contributed by atoms with van der Waals surface area (Å²) in [5, 5.41) is 15.1. The van der Waals surface area contributed by atoms with Gasteiger partial charge in [-0.2, -0.15) is 6.42 Å². The fourth-order valence-electron chi connectivity index (χ4n) is 0.144. The van der Waals surface area contributed by atoms with Gasteiger partial charge in [-0.3, -0.25) is 0 Å². The Kier molecular flexibility index (Phi) is 121. The quantitative estimate of drug-likeness (QED) is 0.487. The summed E-state index contributed by atoms with van der Waals surface area (Å²) < 4.78 is 0. The molecule has 0 aliphatic heterocycles. The van der Waals surface area contributed by atoms with Gasteiger partial charge in [-0.25, -0.2) is 0 Å². The zero-order chi connectivity index (χ0) is 9.54. The second-order valence-corrected chi connectivity index (χ2v) is 1.63. The molecule has 0 atom stereocenters. The van der Waals surface area contributed by atoms with E-state index in [1.54, 1.807) is 13.8 Å². The van der Waals surface area contributed by atoms with Gasteiger partial charge in [0.05, 0.1) is 0 Å². The molecule has 0 aliphatic rings. The second kappa shape index (κ2) is 54.1. The van der Waals surface area contributed by atoms with Crippen molar-refractivity contribution in [1.29, 1.82) is 0 Å². The van der Waals surface area contributed by atoms with Crippen molar-refractivity contribution in [2.24, 2.45) is 5.73 Å². The van der Waals surface area contributed by atoms with Crippen LogP contribution in [0.4, 0.5) is 0 Å². The van der Waals surface area contributed by atoms with E-state index >= 15 is 0 Å². The van der Waals surface area contributed by atoms with Crippen molar-refractivity contribution >= 4 is 0 Å². The molecule has 0 aliphatic carbocycles. The third-order valence-corrected chi connectivity index (χ3v) is 0.454. The first-order valence-corrected chi connectivity index (χ1v) is 3.95. The van der Waals surface area contributed by atoms with E-state index in [1.807, 2.05) is 0 Å². The first-order chi connectivity index (χ1) is 5.24. The molecule has 13 heavy (non-hydrogen) atoms. The molecule has 0 saturated heterocycles. The van der Waals surface area contributed by atoms with Crippen molar-refractivity contribution < 1.29 is 31.9 Å². The van der Waals surface area contributed by atoms with Crippen LogP contribution in [0.25, 0.3) is 0 Å². The molecule has 0 aromatic carbocycles. The van der Waals surface area contributed by atoms with Gasteiger partial charge in [-0.1, -0.05) is 6.42 Å². The van der Waals surface area contributed by atoms with Gasteiger partial charge < -0.3 is 30.3 Å². The third kappa shape index (κ3) is 210. The van der Waals surface area contributed by atoms with E-state index in [9.17, 15) is 0 Å². The first-order valence-electron chi connectivity index (χ1n) is 3.95. The summed E-state index contributed by atoms with van der Waals surface area (Å²) in [6.07, 6.45) is 2.02. The van der Waals surface area contributed by atoms with Crippen LogP contribution in [0.2, 0.25) is 0 Å². The van der Waals surface area contributed by atoms with E-state index in [0.717, 1.165) is 19.4 Å². The number of rotatable bonds is 2. The van der Waals surface area contributed by atoms with Crippen LogP contribution in [0, 0.1) is 14.4 Å². The Morgan fingerprint density at radius 1 is 1.15 bits per heavy atom. The van der Waals surface area contributed by atoms with Crippen molar-refractivity contribution in [1.82, 2.24) is 0 Å². The molecule has 4 heteroatoms. The van der Waals surface area contributed by atoms with Gasteiger partial charge in [-0.15, -0.1) is 0 Å². The zero-order valence-electron chi connectivity index (χ0n) is 9.21. The number of hydrogen-bond acceptors (Lipinski definition) is 3. The van der Waals surface area contributed by atoms with Gasteiger partial charge in [0.1, 0.15) is 0 Å². The van der Waals surface area contributed by atoms with Gasteiger partial charge in [0.25, 0.3) is 0 Å². The number of nitrogens with two attached hydrogens (primary N) is 1. The number of aliphatic hydroxyl groups excluding tert-OH is 2. The van der Waals surface area contributed by atoms with Crippen LogP contribution >= 0.6 is 0 Å². The molecule has 0 spiro atoms. The first kappa shape index (κ1) is 29.2. The maximum absolute atomic E-state index is 7.57. The number of aliphatic hydroxyl groups is 2. The maximum atomic E-state index is 7.57. The second-order valence-electron chi connectivity index (χ2n) is 1.63. The Labute approximate surface area is 98.6 Å². The molecule has 0 aromatic rings. The Morgan fingerprint density at radius 3 is 1.38 bits per heavy atom. The molecule has 0 bridgehead atoms. The molecule has 0 rings (SSSR count). The number of unbranched alkanes of at least 4 members (excludes halogenated alkanes) is 1. The monoisotopic (exact) mass is 227 g/mol. The van der Waals surface area contributed by atoms with Crippen LogP contribution < -0.4 is 5.73 Å². The van der Waals surface area contributed by atoms with Gasteiger partial charge in [0.15, 0.2) is 0 Å². The van der Waals surface area contributed by atoms with Gasteiger partial charge in [0.2, 0.25) is 0 Å². The molecule has 0 amide bonds. The van der Waals surface area contributed by atoms with E-state index in [-0.39, 0.29) is 42.4 Å². The van der Waals surface area contributed by atoms with Crippen LogP contribution in [0.3, 0.4) is 0 Å². The van der Waals surface area contributed by atoms with E-state index in [4.69, 9.17) is 15.9 Å². The normalized spacial score (nSPS) is 6.00. The molecule has 0 aromatic heterocycles. The van der Waals surface area contributed by atoms with Crippen molar-refractivity contribution in [3.63, 3.8) is 0 Å². The molecule has 0 saturated carbocycles. The van der Waals surface area contributed by atoms with Crippen LogP contribution in [0.15, 0.2) is 0 Å². The fourth-order valence-corrected chi connectivity index (χ4v) is 0.144. The summed E-state index contributed by atoms with van der Waals surface area (Å²) in [6, 6.07) is 0. The molecule has 0 radical (unpaired) electrons. The molecule has 0 unspecified atom stereocenters. The van der Waals surface area contributed by atoms with Crippen molar-refractivity contribution in [2.45, 2.75) is 26.7 Å². The minimum atomic E-state index is 0. The van der Waals surface area contributed by atoms with E-state index in [1.165, 1.54) is 0 Å². The van der Waals surface area contributed by atoms with E-state index in [2.05, 4.69) is 6.92 Å². The Hall–Kier alpha value is 0.594. The largest absolute Gasteiger partial charge is 2.00 e. The smallest absolute Gasteiger partial charge is 0.397 e. The standard InChI is InChI=1S/C4H10N.2C2H6O.CH3.Ti/c1-2-3-4-5;2*1-2-3;;/h1-5H2;2*3H,2H2,1H3;1H3;/q-1;;;-1;+2. The molecule has 82 valence electrons. The molecule has 0 fully saturated rings. The Bertz CT molecular complexity index is 36.8. The molecular formula is C9H25NO2Ti. The summed E-state index contributed by atoms with van der Waals surface area (Å²) in [4.78, 5) is 0. The summed E-state index contributed by atoms with van der Waals surface area (Å²) in [6.45, 7) is 8.24. The topological polar surface area (TPSA) is 66.5 Å². The SMILES string of the molecule is CCO.CCO.[CH2-]CCCN.[CH3-].[Ti+2]. The van der Waals surface area contributed by atoms with Gasteiger partial charge in [-0.05, 0) is 20.4 Å². The summed E-state index contributed by atoms with van der Waals surface area (Å²) in [7, 11) is 0. The van der Waals surface area contributed by atoms with Crippen molar-refractivity contribution in [3.05, 3.63) is 14.4 Å². The minimum absolute atomic E-state index is 0. The van der Waals surface area contributed by atoms with Gasteiger partial charge in [0, 0.05) is 13.2 Å². The Morgan fingerprint density at radius 2 is 1.38 bits per heavy atom. The van der Waals surface area contributed by atoms with Gasteiger partial charge >= 0.3 is 21.7 Å². The zero-order valence-corrected chi connectivity index (χ0v) is 10.8. The predicted octanol–water partition coefficient (Wildman–Crippen LogP) is 1.00. The van der Waals surface area contributed by atoms with Crippen LogP contribution in [0.1, 0.15) is 26.7 Å². The molecular weight excluding hydrogens is 202 g/mol. The predicted molar refractivity (Wildman–Crippen MR) is 55.6 cm³/mol.